The fraction of sp³-hybridized carbons (Fsp3) is 1.00. The first-order valence-corrected chi connectivity index (χ1v) is 18.3. The second-order valence-electron chi connectivity index (χ2n) is 9.36. The Kier molecular flexibility index (Phi) is 29.2. The second-order valence-corrected chi connectivity index (χ2v) is 18.7. The van der Waals surface area contributed by atoms with Crippen molar-refractivity contribution in [3.8, 4) is 0 Å². The zero-order chi connectivity index (χ0) is 20.8. The van der Waals surface area contributed by atoms with Gasteiger partial charge in [-0.15, -0.1) is 24.0 Å². The van der Waals surface area contributed by atoms with Gasteiger partial charge in [-0.2, -0.15) is 0 Å². The first-order chi connectivity index (χ1) is 13.7. The molecule has 0 amide bonds. The van der Waals surface area contributed by atoms with E-state index in [-0.39, 0.29) is 24.0 Å². The topological polar surface area (TPSA) is 0 Å². The minimum Gasteiger partial charge on any atom is -0.107 e. The summed E-state index contributed by atoms with van der Waals surface area (Å²) in [6.45, 7) is 8.51. The summed E-state index contributed by atoms with van der Waals surface area (Å²) in [6, 6.07) is 0. The Morgan fingerprint density at radius 3 is 0.966 bits per heavy atom. The molecule has 0 aliphatic rings. The summed E-state index contributed by atoms with van der Waals surface area (Å²) in [7, 11) is 1.35. The molecule has 0 aromatic rings. The van der Waals surface area contributed by atoms with Gasteiger partial charge in [-0.1, -0.05) is 0 Å². The summed E-state index contributed by atoms with van der Waals surface area (Å²) in [5.74, 6) is 0. The van der Waals surface area contributed by atoms with Crippen LogP contribution in [-0.2, 0) is 0 Å². The molecular formula is C26H59IP2. The molecule has 0 nitrogen and oxygen atoms in total. The van der Waals surface area contributed by atoms with Gasteiger partial charge in [0.15, 0.2) is 0 Å². The van der Waals surface area contributed by atoms with Crippen LogP contribution in [0.5, 0.6) is 0 Å². The number of hydrogen-bond acceptors (Lipinski definition) is 0. The number of hydrogen-bond donors (Lipinski definition) is 0. The van der Waals surface area contributed by atoms with Crippen molar-refractivity contribution in [3.63, 3.8) is 0 Å². The van der Waals surface area contributed by atoms with Crippen LogP contribution in [0.2, 0.25) is 0 Å². The maximum absolute atomic E-state index is 2.48. The molecule has 0 N–H and O–H groups in total. The molecular weight excluding hydrogens is 501 g/mol. The van der Waals surface area contributed by atoms with Crippen molar-refractivity contribution in [2.24, 2.45) is 0 Å². The van der Waals surface area contributed by atoms with E-state index in [9.17, 15) is 0 Å². The van der Waals surface area contributed by atoms with Crippen LogP contribution in [-0.4, -0.2) is 24.6 Å². The standard InChI is InChI=1S/C26H58P2.HI/c1-5-9-12-15-18-21-24-28(27-8-4,25-22-19-16-13-10-6-2)26-23-20-17-14-11-7-3;/h27-28H,5-26H2,1-4H3;1H. The first-order valence-electron chi connectivity index (χ1n) is 13.5. The molecule has 180 valence electrons. The van der Waals surface area contributed by atoms with Crippen LogP contribution in [0.25, 0.3) is 0 Å². The Bertz CT molecular complexity index is 256. The van der Waals surface area contributed by atoms with Crippen molar-refractivity contribution in [3.05, 3.63) is 0 Å². The van der Waals surface area contributed by atoms with Crippen LogP contribution in [0.3, 0.4) is 0 Å². The van der Waals surface area contributed by atoms with Crippen LogP contribution >= 0.6 is 39.2 Å². The third-order valence-electron chi connectivity index (χ3n) is 6.58. The summed E-state index contributed by atoms with van der Waals surface area (Å²) in [6.07, 6.45) is 33.2. The smallest absolute Gasteiger partial charge is 0.107 e. The molecule has 1 unspecified atom stereocenters. The van der Waals surface area contributed by atoms with Crippen LogP contribution in [0.4, 0.5) is 0 Å². The van der Waals surface area contributed by atoms with E-state index in [1.165, 1.54) is 111 Å². The molecule has 0 saturated carbocycles. The van der Waals surface area contributed by atoms with E-state index in [1.54, 1.807) is 37.7 Å². The molecule has 0 heterocycles. The Balaban J connectivity index is 0. The Morgan fingerprint density at radius 1 is 0.414 bits per heavy atom. The van der Waals surface area contributed by atoms with Crippen LogP contribution in [0.1, 0.15) is 143 Å². The summed E-state index contributed by atoms with van der Waals surface area (Å²) < 4.78 is 0. The van der Waals surface area contributed by atoms with E-state index in [0.717, 1.165) is 0 Å². The van der Waals surface area contributed by atoms with E-state index in [2.05, 4.69) is 27.7 Å². The molecule has 0 aliphatic heterocycles. The molecule has 0 radical (unpaired) electrons. The molecule has 0 rings (SSSR count). The van der Waals surface area contributed by atoms with Gasteiger partial charge in [-0.25, -0.2) is 0 Å². The van der Waals surface area contributed by atoms with E-state index < -0.39 is 6.95 Å². The van der Waals surface area contributed by atoms with Gasteiger partial charge >= 0.3 is 183 Å². The van der Waals surface area contributed by atoms with Crippen molar-refractivity contribution < 1.29 is 0 Å². The van der Waals surface area contributed by atoms with Gasteiger partial charge in [-0.05, 0) is 0 Å². The van der Waals surface area contributed by atoms with E-state index in [1.807, 2.05) is 0 Å². The molecule has 0 bridgehead atoms. The zero-order valence-electron chi connectivity index (χ0n) is 21.0. The average molecular weight is 561 g/mol. The molecule has 0 aromatic carbocycles. The molecule has 0 saturated heterocycles. The summed E-state index contributed by atoms with van der Waals surface area (Å²) in [5.41, 5.74) is 0. The van der Waals surface area contributed by atoms with Crippen LogP contribution in [0, 0.1) is 0 Å². The van der Waals surface area contributed by atoms with Crippen molar-refractivity contribution in [1.29, 1.82) is 0 Å². The SMILES string of the molecule is CCCCCCCC[PH](CCCCCCCC)(CCCCCCCC)PCC.I. The van der Waals surface area contributed by atoms with E-state index in [4.69, 9.17) is 0 Å². The quantitative estimate of drug-likeness (QED) is 0.0662. The van der Waals surface area contributed by atoms with Crippen molar-refractivity contribution in [1.82, 2.24) is 0 Å². The van der Waals surface area contributed by atoms with Crippen LogP contribution < -0.4 is 0 Å². The Labute approximate surface area is 206 Å². The minimum absolute atomic E-state index is 0. The third-order valence-corrected chi connectivity index (χ3v) is 17.2. The fourth-order valence-corrected chi connectivity index (χ4v) is 15.0. The molecule has 0 aliphatic carbocycles. The summed E-state index contributed by atoms with van der Waals surface area (Å²) in [4.78, 5) is 0. The third kappa shape index (κ3) is 21.2. The Morgan fingerprint density at radius 2 is 0.690 bits per heavy atom. The van der Waals surface area contributed by atoms with Gasteiger partial charge in [0.1, 0.15) is 0 Å². The average Bonchev–Trinajstić information content (AvgIpc) is 2.70. The summed E-state index contributed by atoms with van der Waals surface area (Å²) in [5, 5.41) is 0. The fourth-order valence-electron chi connectivity index (χ4n) is 4.75. The minimum atomic E-state index is -0.973. The van der Waals surface area contributed by atoms with E-state index >= 15 is 0 Å². The maximum Gasteiger partial charge on any atom is -0.107 e. The van der Waals surface area contributed by atoms with Crippen LogP contribution in [0.15, 0.2) is 0 Å². The number of unbranched alkanes of at least 4 members (excludes halogenated alkanes) is 15. The van der Waals surface area contributed by atoms with Gasteiger partial charge in [-0.3, -0.25) is 0 Å². The van der Waals surface area contributed by atoms with Crippen molar-refractivity contribution >= 4 is 39.2 Å². The molecule has 0 fully saturated rings. The second kappa shape index (κ2) is 25.8. The largest absolute Gasteiger partial charge is 0.107 e. The maximum atomic E-state index is 2.48. The first kappa shape index (κ1) is 32.8. The molecule has 3 heteroatoms. The van der Waals surface area contributed by atoms with Gasteiger partial charge in [0, 0.05) is 0 Å². The zero-order valence-corrected chi connectivity index (χ0v) is 25.3. The Hall–Kier alpha value is 1.59. The predicted molar refractivity (Wildman–Crippen MR) is 157 cm³/mol. The van der Waals surface area contributed by atoms with Gasteiger partial charge in [0.2, 0.25) is 0 Å². The summed E-state index contributed by atoms with van der Waals surface area (Å²) >= 11 is 0. The normalized spacial score (nSPS) is 12.6. The van der Waals surface area contributed by atoms with E-state index in [0.29, 0.717) is 0 Å². The molecule has 29 heavy (non-hydrogen) atoms. The number of halogens is 1. The van der Waals surface area contributed by atoms with Crippen molar-refractivity contribution in [2.45, 2.75) is 143 Å². The van der Waals surface area contributed by atoms with Gasteiger partial charge in [0.05, 0.1) is 0 Å². The molecule has 0 spiro atoms. The molecule has 1 atom stereocenters. The monoisotopic (exact) mass is 560 g/mol. The van der Waals surface area contributed by atoms with Gasteiger partial charge in [0.25, 0.3) is 0 Å². The number of rotatable bonds is 23. The van der Waals surface area contributed by atoms with Crippen molar-refractivity contribution in [2.75, 3.05) is 24.6 Å². The molecule has 0 aromatic heterocycles. The predicted octanol–water partition coefficient (Wildman–Crippen LogP) is 11.0. The van der Waals surface area contributed by atoms with Gasteiger partial charge < -0.3 is 0 Å².